The number of carbonyl (C=O) groups excluding carboxylic acids is 1. The Morgan fingerprint density at radius 1 is 0.880 bits per heavy atom. The minimum Gasteiger partial charge on any atom is -0.409 e. The number of carbonyl (C=O) groups is 1. The second-order valence-corrected chi connectivity index (χ2v) is 6.82. The summed E-state index contributed by atoms with van der Waals surface area (Å²) in [5.41, 5.74) is 2.59. The van der Waals surface area contributed by atoms with E-state index in [1.807, 2.05) is 42.5 Å². The number of nitrogens with one attached hydrogen (secondary N) is 1. The molecule has 0 bridgehead atoms. The van der Waals surface area contributed by atoms with Crippen LogP contribution in [-0.4, -0.2) is 6.09 Å². The molecule has 0 spiro atoms. The SMILES string of the molecule is O=C(Nc1ccc(Cl)c(Cl)c1)Oc1ccc(-c2ccccc2)cc1Br. The molecule has 0 aliphatic carbocycles. The van der Waals surface area contributed by atoms with Crippen molar-refractivity contribution in [3.63, 3.8) is 0 Å². The van der Waals surface area contributed by atoms with Crippen LogP contribution >= 0.6 is 39.1 Å². The van der Waals surface area contributed by atoms with E-state index in [0.29, 0.717) is 26.0 Å². The van der Waals surface area contributed by atoms with E-state index in [0.717, 1.165) is 11.1 Å². The van der Waals surface area contributed by atoms with Gasteiger partial charge < -0.3 is 4.74 Å². The first-order valence-corrected chi connectivity index (χ1v) is 8.86. The van der Waals surface area contributed by atoms with E-state index in [1.54, 1.807) is 24.3 Å². The summed E-state index contributed by atoms with van der Waals surface area (Å²) in [6.07, 6.45) is -0.619. The maximum absolute atomic E-state index is 12.1. The van der Waals surface area contributed by atoms with Gasteiger partial charge in [-0.15, -0.1) is 0 Å². The third kappa shape index (κ3) is 4.54. The van der Waals surface area contributed by atoms with Crippen molar-refractivity contribution in [2.75, 3.05) is 5.32 Å². The van der Waals surface area contributed by atoms with E-state index in [1.165, 1.54) is 0 Å². The summed E-state index contributed by atoms with van der Waals surface area (Å²) < 4.78 is 6.02. The van der Waals surface area contributed by atoms with Crippen molar-refractivity contribution < 1.29 is 9.53 Å². The molecule has 1 amide bonds. The van der Waals surface area contributed by atoms with Crippen molar-refractivity contribution in [2.24, 2.45) is 0 Å². The van der Waals surface area contributed by atoms with Crippen LogP contribution < -0.4 is 10.1 Å². The molecule has 0 aliphatic rings. The van der Waals surface area contributed by atoms with E-state index in [4.69, 9.17) is 27.9 Å². The van der Waals surface area contributed by atoms with Gasteiger partial charge in [0.1, 0.15) is 5.75 Å². The number of rotatable bonds is 3. The van der Waals surface area contributed by atoms with Crippen molar-refractivity contribution in [3.05, 3.63) is 81.2 Å². The first-order chi connectivity index (χ1) is 12.0. The number of amides is 1. The van der Waals surface area contributed by atoms with Gasteiger partial charge >= 0.3 is 6.09 Å². The number of ether oxygens (including phenoxy) is 1. The molecule has 0 saturated heterocycles. The van der Waals surface area contributed by atoms with Gasteiger partial charge in [-0.1, -0.05) is 59.6 Å². The van der Waals surface area contributed by atoms with Crippen molar-refractivity contribution in [1.29, 1.82) is 0 Å². The summed E-state index contributed by atoms with van der Waals surface area (Å²) in [7, 11) is 0. The molecule has 3 aromatic carbocycles. The highest BCUT2D eigenvalue weighted by molar-refractivity contribution is 9.10. The molecular weight excluding hydrogens is 425 g/mol. The molecule has 0 unspecified atom stereocenters. The second-order valence-electron chi connectivity index (χ2n) is 5.15. The summed E-state index contributed by atoms with van der Waals surface area (Å²) in [5, 5.41) is 3.38. The van der Waals surface area contributed by atoms with Gasteiger partial charge in [0.05, 0.1) is 14.5 Å². The predicted molar refractivity (Wildman–Crippen MR) is 106 cm³/mol. The van der Waals surface area contributed by atoms with Crippen LogP contribution in [0.5, 0.6) is 5.75 Å². The highest BCUT2D eigenvalue weighted by Gasteiger charge is 2.10. The van der Waals surface area contributed by atoms with Gasteiger partial charge in [0.2, 0.25) is 0 Å². The average molecular weight is 437 g/mol. The molecule has 0 aromatic heterocycles. The maximum atomic E-state index is 12.1. The molecular formula is C19H12BrCl2NO2. The topological polar surface area (TPSA) is 38.3 Å². The normalized spacial score (nSPS) is 10.4. The van der Waals surface area contributed by atoms with Crippen LogP contribution in [-0.2, 0) is 0 Å². The Bertz CT molecular complexity index is 917. The van der Waals surface area contributed by atoms with Crippen molar-refractivity contribution >= 4 is 50.9 Å². The molecule has 6 heteroatoms. The smallest absolute Gasteiger partial charge is 0.409 e. The Hall–Kier alpha value is -2.01. The number of hydrogen-bond acceptors (Lipinski definition) is 2. The first kappa shape index (κ1) is 17.8. The summed E-state index contributed by atoms with van der Waals surface area (Å²) in [6.45, 7) is 0. The summed E-state index contributed by atoms with van der Waals surface area (Å²) in [5.74, 6) is 0.414. The van der Waals surface area contributed by atoms with Gasteiger partial charge in [-0.2, -0.15) is 0 Å². The summed E-state index contributed by atoms with van der Waals surface area (Å²) >= 11 is 15.2. The zero-order valence-electron chi connectivity index (χ0n) is 12.8. The number of anilines is 1. The first-order valence-electron chi connectivity index (χ1n) is 7.32. The quantitative estimate of drug-likeness (QED) is 0.478. The Morgan fingerprint density at radius 3 is 2.32 bits per heavy atom. The lowest BCUT2D eigenvalue weighted by atomic mass is 10.1. The van der Waals surface area contributed by atoms with E-state index < -0.39 is 6.09 Å². The fourth-order valence-electron chi connectivity index (χ4n) is 2.21. The predicted octanol–water partition coefficient (Wildman–Crippen LogP) is 7.03. The second kappa shape index (κ2) is 7.91. The van der Waals surface area contributed by atoms with Crippen LogP contribution in [0.3, 0.4) is 0 Å². The molecule has 126 valence electrons. The van der Waals surface area contributed by atoms with Crippen LogP contribution in [0.15, 0.2) is 71.2 Å². The molecule has 25 heavy (non-hydrogen) atoms. The monoisotopic (exact) mass is 435 g/mol. The van der Waals surface area contributed by atoms with Crippen LogP contribution in [0.4, 0.5) is 10.5 Å². The number of halogens is 3. The highest BCUT2D eigenvalue weighted by Crippen LogP contribution is 2.31. The lowest BCUT2D eigenvalue weighted by Crippen LogP contribution is -2.16. The lowest BCUT2D eigenvalue weighted by molar-refractivity contribution is 0.215. The molecule has 3 aromatic rings. The molecule has 0 heterocycles. The standard InChI is InChI=1S/C19H12BrCl2NO2/c20-15-10-13(12-4-2-1-3-5-12)6-9-18(15)25-19(24)23-14-7-8-16(21)17(22)11-14/h1-11H,(H,23,24). The molecule has 1 N–H and O–H groups in total. The third-order valence-electron chi connectivity index (χ3n) is 3.41. The Morgan fingerprint density at radius 2 is 1.64 bits per heavy atom. The fraction of sp³-hybridized carbons (Fsp3) is 0. The van der Waals surface area contributed by atoms with Gasteiger partial charge in [-0.3, -0.25) is 5.32 Å². The molecule has 3 rings (SSSR count). The Balaban J connectivity index is 1.72. The largest absolute Gasteiger partial charge is 0.417 e. The van der Waals surface area contributed by atoms with E-state index >= 15 is 0 Å². The zero-order chi connectivity index (χ0) is 17.8. The zero-order valence-corrected chi connectivity index (χ0v) is 15.9. The minimum absolute atomic E-state index is 0.355. The average Bonchev–Trinajstić information content (AvgIpc) is 2.61. The molecule has 0 fully saturated rings. The summed E-state index contributed by atoms with van der Waals surface area (Å²) in [6, 6.07) is 20.3. The molecule has 0 saturated carbocycles. The third-order valence-corrected chi connectivity index (χ3v) is 4.77. The molecule has 0 radical (unpaired) electrons. The van der Waals surface area contributed by atoms with Gasteiger partial charge in [0.25, 0.3) is 0 Å². The lowest BCUT2D eigenvalue weighted by Gasteiger charge is -2.10. The molecule has 0 atom stereocenters. The van der Waals surface area contributed by atoms with Crippen LogP contribution in [0.25, 0.3) is 11.1 Å². The molecule has 0 aliphatic heterocycles. The van der Waals surface area contributed by atoms with Crippen molar-refractivity contribution in [3.8, 4) is 16.9 Å². The van der Waals surface area contributed by atoms with Gasteiger partial charge in [0, 0.05) is 5.69 Å². The highest BCUT2D eigenvalue weighted by atomic mass is 79.9. The van der Waals surface area contributed by atoms with E-state index in [9.17, 15) is 4.79 Å². The van der Waals surface area contributed by atoms with E-state index in [2.05, 4.69) is 21.2 Å². The Labute approximate surface area is 163 Å². The maximum Gasteiger partial charge on any atom is 0.417 e. The van der Waals surface area contributed by atoms with Crippen molar-refractivity contribution in [1.82, 2.24) is 0 Å². The summed E-state index contributed by atoms with van der Waals surface area (Å²) in [4.78, 5) is 12.1. The van der Waals surface area contributed by atoms with E-state index in [-0.39, 0.29) is 0 Å². The number of hydrogen-bond donors (Lipinski definition) is 1. The van der Waals surface area contributed by atoms with Crippen LogP contribution in [0.2, 0.25) is 10.0 Å². The van der Waals surface area contributed by atoms with Gasteiger partial charge in [-0.25, -0.2) is 4.79 Å². The minimum atomic E-state index is -0.619. The Kier molecular flexibility index (Phi) is 5.63. The van der Waals surface area contributed by atoms with Crippen LogP contribution in [0, 0.1) is 0 Å². The molecule has 3 nitrogen and oxygen atoms in total. The van der Waals surface area contributed by atoms with Crippen LogP contribution in [0.1, 0.15) is 0 Å². The van der Waals surface area contributed by atoms with Gasteiger partial charge in [0.15, 0.2) is 0 Å². The number of benzene rings is 3. The fourth-order valence-corrected chi connectivity index (χ4v) is 2.97. The van der Waals surface area contributed by atoms with Crippen molar-refractivity contribution in [2.45, 2.75) is 0 Å². The van der Waals surface area contributed by atoms with Gasteiger partial charge in [-0.05, 0) is 57.4 Å².